The van der Waals surface area contributed by atoms with Crippen LogP contribution in [0.25, 0.3) is 0 Å². The number of hydrogen-bond donors (Lipinski definition) is 0. The predicted octanol–water partition coefficient (Wildman–Crippen LogP) is 5.80. The van der Waals surface area contributed by atoms with Crippen LogP contribution in [0.1, 0.15) is 59.8 Å². The number of halogens is 1. The SMILES string of the molecule is C=C1C(F)=NC=CN1C(=CC)C(C)CCCCC(C)CC. The van der Waals surface area contributed by atoms with Crippen molar-refractivity contribution >= 4 is 5.97 Å². The fraction of sp³-hybridized carbons (Fsp3) is 0.611. The van der Waals surface area contributed by atoms with Gasteiger partial charge in [-0.05, 0) is 25.2 Å². The summed E-state index contributed by atoms with van der Waals surface area (Å²) in [6.07, 6.45) is 11.5. The molecule has 0 amide bonds. The molecule has 0 aliphatic carbocycles. The predicted molar refractivity (Wildman–Crippen MR) is 89.5 cm³/mol. The lowest BCUT2D eigenvalue weighted by molar-refractivity contribution is 0.422. The van der Waals surface area contributed by atoms with Crippen LogP contribution in [0.2, 0.25) is 0 Å². The summed E-state index contributed by atoms with van der Waals surface area (Å²) < 4.78 is 13.6. The number of allylic oxidation sites excluding steroid dienone is 3. The van der Waals surface area contributed by atoms with E-state index in [1.807, 2.05) is 17.9 Å². The van der Waals surface area contributed by atoms with Gasteiger partial charge in [0.1, 0.15) is 0 Å². The molecule has 1 rings (SSSR count). The van der Waals surface area contributed by atoms with Crippen molar-refractivity contribution in [3.63, 3.8) is 0 Å². The molecule has 0 aromatic rings. The molecule has 1 aliphatic heterocycles. The van der Waals surface area contributed by atoms with Crippen molar-refractivity contribution in [3.8, 4) is 0 Å². The van der Waals surface area contributed by atoms with Crippen LogP contribution in [0.4, 0.5) is 4.39 Å². The van der Waals surface area contributed by atoms with Gasteiger partial charge in [-0.1, -0.05) is 59.1 Å². The van der Waals surface area contributed by atoms with Gasteiger partial charge in [-0.15, -0.1) is 0 Å². The molecule has 0 aromatic carbocycles. The van der Waals surface area contributed by atoms with Gasteiger partial charge < -0.3 is 4.90 Å². The molecule has 0 radical (unpaired) electrons. The quantitative estimate of drug-likeness (QED) is 0.516. The maximum absolute atomic E-state index is 13.6. The molecule has 2 atom stereocenters. The number of hydrogen-bond acceptors (Lipinski definition) is 2. The van der Waals surface area contributed by atoms with E-state index < -0.39 is 5.97 Å². The average Bonchev–Trinajstić information content (AvgIpc) is 2.48. The molecule has 0 saturated carbocycles. The van der Waals surface area contributed by atoms with E-state index in [-0.39, 0.29) is 0 Å². The fourth-order valence-corrected chi connectivity index (χ4v) is 2.63. The maximum atomic E-state index is 13.6. The molecule has 0 bridgehead atoms. The number of rotatable bonds is 8. The lowest BCUT2D eigenvalue weighted by Gasteiger charge is -2.29. The molecule has 1 heterocycles. The van der Waals surface area contributed by atoms with Gasteiger partial charge in [0.15, 0.2) is 0 Å². The van der Waals surface area contributed by atoms with Crippen molar-refractivity contribution < 1.29 is 4.39 Å². The zero-order valence-corrected chi connectivity index (χ0v) is 13.9. The van der Waals surface area contributed by atoms with Gasteiger partial charge >= 0.3 is 0 Å². The van der Waals surface area contributed by atoms with E-state index >= 15 is 0 Å². The Balaban J connectivity index is 2.51. The Hall–Kier alpha value is -1.38. The molecule has 2 nitrogen and oxygen atoms in total. The van der Waals surface area contributed by atoms with Gasteiger partial charge in [-0.2, -0.15) is 4.39 Å². The minimum absolute atomic E-state index is 0.331. The Labute approximate surface area is 129 Å². The van der Waals surface area contributed by atoms with Crippen LogP contribution in [0.5, 0.6) is 0 Å². The van der Waals surface area contributed by atoms with Crippen LogP contribution in [-0.2, 0) is 0 Å². The molecule has 0 saturated heterocycles. The van der Waals surface area contributed by atoms with Crippen molar-refractivity contribution in [1.29, 1.82) is 0 Å². The second-order valence-electron chi connectivity index (χ2n) is 5.95. The highest BCUT2D eigenvalue weighted by atomic mass is 19.1. The molecule has 2 unspecified atom stereocenters. The van der Waals surface area contributed by atoms with E-state index in [0.29, 0.717) is 11.6 Å². The van der Waals surface area contributed by atoms with Crippen LogP contribution >= 0.6 is 0 Å². The number of aliphatic imine (C=N–C) groups is 1. The van der Waals surface area contributed by atoms with Crippen LogP contribution in [-0.4, -0.2) is 10.9 Å². The van der Waals surface area contributed by atoms with Gasteiger partial charge in [0.25, 0.3) is 0 Å². The lowest BCUT2D eigenvalue weighted by atomic mass is 9.95. The Bertz CT molecular complexity index is 434. The number of nitrogens with zero attached hydrogens (tertiary/aromatic N) is 2. The molecule has 0 N–H and O–H groups in total. The molecular weight excluding hydrogens is 263 g/mol. The van der Waals surface area contributed by atoms with Gasteiger partial charge in [-0.3, -0.25) is 0 Å². The van der Waals surface area contributed by atoms with Crippen molar-refractivity contribution in [2.45, 2.75) is 59.8 Å². The normalized spacial score (nSPS) is 18.7. The highest BCUT2D eigenvalue weighted by Gasteiger charge is 2.21. The molecule has 1 aliphatic rings. The third-order valence-electron chi connectivity index (χ3n) is 4.29. The summed E-state index contributed by atoms with van der Waals surface area (Å²) in [5, 5.41) is 0. The summed E-state index contributed by atoms with van der Waals surface area (Å²) in [5.74, 6) is 0.705. The molecule has 3 heteroatoms. The second-order valence-corrected chi connectivity index (χ2v) is 5.95. The Morgan fingerprint density at radius 3 is 2.67 bits per heavy atom. The lowest BCUT2D eigenvalue weighted by Crippen LogP contribution is -2.25. The van der Waals surface area contributed by atoms with Crippen LogP contribution in [0.15, 0.2) is 41.4 Å². The molecule has 21 heavy (non-hydrogen) atoms. The van der Waals surface area contributed by atoms with Crippen LogP contribution in [0.3, 0.4) is 0 Å². The summed E-state index contributed by atoms with van der Waals surface area (Å²) in [4.78, 5) is 5.46. The summed E-state index contributed by atoms with van der Waals surface area (Å²) >= 11 is 0. The summed E-state index contributed by atoms with van der Waals surface area (Å²) in [5.41, 5.74) is 1.43. The van der Waals surface area contributed by atoms with E-state index in [4.69, 9.17) is 0 Å². The molecule has 118 valence electrons. The molecular formula is C18H29FN2. The summed E-state index contributed by atoms with van der Waals surface area (Å²) in [6, 6.07) is 0. The molecule has 0 spiro atoms. The minimum Gasteiger partial charge on any atom is -0.316 e. The standard InChI is InChI=1S/C18H29FN2/c1-6-14(3)10-8-9-11-15(4)17(7-2)21-13-12-20-18(19)16(21)5/h7,12-15H,5-6,8-11H2,1-4H3. The number of unbranched alkanes of at least 4 members (excludes halogenated alkanes) is 1. The minimum atomic E-state index is -0.499. The zero-order chi connectivity index (χ0) is 15.8. The average molecular weight is 292 g/mol. The van der Waals surface area contributed by atoms with Gasteiger partial charge in [0, 0.05) is 18.1 Å². The smallest absolute Gasteiger partial charge is 0.236 e. The molecule has 0 fully saturated rings. The van der Waals surface area contributed by atoms with Crippen LogP contribution < -0.4 is 0 Å². The van der Waals surface area contributed by atoms with Gasteiger partial charge in [-0.25, -0.2) is 4.99 Å². The van der Waals surface area contributed by atoms with E-state index in [2.05, 4.69) is 32.3 Å². The first-order valence-electron chi connectivity index (χ1n) is 8.05. The maximum Gasteiger partial charge on any atom is 0.236 e. The Kier molecular flexibility index (Phi) is 7.41. The first kappa shape index (κ1) is 17.7. The van der Waals surface area contributed by atoms with E-state index in [1.54, 1.807) is 6.20 Å². The highest BCUT2D eigenvalue weighted by molar-refractivity contribution is 5.93. The molecule has 0 aromatic heterocycles. The van der Waals surface area contributed by atoms with Crippen molar-refractivity contribution in [2.24, 2.45) is 16.8 Å². The largest absolute Gasteiger partial charge is 0.316 e. The summed E-state index contributed by atoms with van der Waals surface area (Å²) in [7, 11) is 0. The van der Waals surface area contributed by atoms with E-state index in [9.17, 15) is 4.39 Å². The van der Waals surface area contributed by atoms with E-state index in [0.717, 1.165) is 18.0 Å². The fourth-order valence-electron chi connectivity index (χ4n) is 2.63. The first-order chi connectivity index (χ1) is 10.0. The topological polar surface area (TPSA) is 15.6 Å². The van der Waals surface area contributed by atoms with Crippen LogP contribution in [0, 0.1) is 11.8 Å². The van der Waals surface area contributed by atoms with E-state index in [1.165, 1.54) is 31.9 Å². The van der Waals surface area contributed by atoms with Crippen molar-refractivity contribution in [2.75, 3.05) is 0 Å². The van der Waals surface area contributed by atoms with Gasteiger partial charge in [0.05, 0.1) is 5.70 Å². The first-order valence-corrected chi connectivity index (χ1v) is 8.05. The third kappa shape index (κ3) is 5.14. The zero-order valence-electron chi connectivity index (χ0n) is 13.9. The summed E-state index contributed by atoms with van der Waals surface area (Å²) in [6.45, 7) is 12.5. The monoisotopic (exact) mass is 292 g/mol. The third-order valence-corrected chi connectivity index (χ3v) is 4.29. The van der Waals surface area contributed by atoms with Crippen molar-refractivity contribution in [1.82, 2.24) is 4.90 Å². The van der Waals surface area contributed by atoms with Crippen molar-refractivity contribution in [3.05, 3.63) is 36.4 Å². The Morgan fingerprint density at radius 1 is 1.38 bits per heavy atom. The second kappa shape index (κ2) is 8.81. The van der Waals surface area contributed by atoms with Gasteiger partial charge in [0.2, 0.25) is 5.97 Å². The highest BCUT2D eigenvalue weighted by Crippen LogP contribution is 2.27. The Morgan fingerprint density at radius 2 is 2.05 bits per heavy atom.